The minimum Gasteiger partial charge on any atom is -0.756 e. The molecule has 0 fully saturated rings. The zero-order chi connectivity index (χ0) is 26.5. The maximum absolute atomic E-state index is 12.6. The average Bonchev–Trinajstić information content (AvgIpc) is 2.85. The lowest BCUT2D eigenvalue weighted by molar-refractivity contribution is -0.226. The first-order valence-electron chi connectivity index (χ1n) is 13.6. The normalized spacial score (nSPS) is 14.4. The van der Waals surface area contributed by atoms with Crippen molar-refractivity contribution in [1.82, 2.24) is 4.72 Å². The number of nitrogens with one attached hydrogen (secondary N) is 1. The Morgan fingerprint density at radius 2 is 1.42 bits per heavy atom. The van der Waals surface area contributed by atoms with Crippen LogP contribution in [0.4, 0.5) is 0 Å². The van der Waals surface area contributed by atoms with Crippen LogP contribution in [0.1, 0.15) is 97.3 Å². The number of unbranched alkanes of at least 4 members (excludes halogenated alkanes) is 10. The van der Waals surface area contributed by atoms with Crippen molar-refractivity contribution >= 4 is 17.8 Å². The van der Waals surface area contributed by atoms with Gasteiger partial charge in [0.15, 0.2) is 0 Å². The monoisotopic (exact) mass is 548 g/mol. The zero-order valence-corrected chi connectivity index (χ0v) is 23.9. The van der Waals surface area contributed by atoms with Gasteiger partial charge < -0.3 is 18.7 Å². The summed E-state index contributed by atoms with van der Waals surface area (Å²) in [7, 11) is -8.11. The van der Waals surface area contributed by atoms with Crippen molar-refractivity contribution < 1.29 is 31.7 Å². The molecule has 210 valence electrons. The van der Waals surface area contributed by atoms with Crippen LogP contribution in [0.15, 0.2) is 30.3 Å². The highest BCUT2D eigenvalue weighted by molar-refractivity contribution is 7.89. The van der Waals surface area contributed by atoms with Gasteiger partial charge in [-0.2, -0.15) is 0 Å². The molecule has 0 radical (unpaired) electrons. The summed E-state index contributed by atoms with van der Waals surface area (Å²) in [5.74, 6) is 0.649. The molecule has 1 aromatic rings. The van der Waals surface area contributed by atoms with Crippen LogP contribution in [-0.2, 0) is 23.6 Å². The molecule has 0 saturated heterocycles. The topological polar surface area (TPSA) is 114 Å². The van der Waals surface area contributed by atoms with E-state index in [2.05, 4.69) is 18.6 Å². The third-order valence-corrected chi connectivity index (χ3v) is 8.28. The van der Waals surface area contributed by atoms with Crippen LogP contribution in [-0.4, -0.2) is 40.0 Å². The van der Waals surface area contributed by atoms with Gasteiger partial charge >= 0.3 is 0 Å². The third kappa shape index (κ3) is 18.3. The first-order chi connectivity index (χ1) is 17.3. The van der Waals surface area contributed by atoms with Gasteiger partial charge in [-0.1, -0.05) is 103 Å². The molecule has 1 aromatic carbocycles. The number of phosphoric acid groups is 1. The first kappa shape index (κ1) is 33.1. The molecule has 0 aliphatic heterocycles. The molecule has 1 rings (SSSR count). The van der Waals surface area contributed by atoms with Crippen LogP contribution in [0.25, 0.3) is 0 Å². The van der Waals surface area contributed by atoms with Gasteiger partial charge in [-0.25, -0.2) is 13.1 Å². The molecular weight excluding hydrogens is 501 g/mol. The van der Waals surface area contributed by atoms with E-state index in [4.69, 9.17) is 13.8 Å². The molecule has 2 unspecified atom stereocenters. The second-order valence-corrected chi connectivity index (χ2v) is 12.5. The number of rotatable bonds is 24. The fourth-order valence-electron chi connectivity index (χ4n) is 3.78. The molecule has 0 aliphatic carbocycles. The summed E-state index contributed by atoms with van der Waals surface area (Å²) < 4.78 is 55.4. The maximum Gasteiger partial charge on any atom is 0.268 e. The van der Waals surface area contributed by atoms with Crippen LogP contribution >= 0.6 is 7.82 Å². The number of hydrogen-bond donors (Lipinski definition) is 1. The number of phosphoric ester groups is 1. The molecule has 0 saturated carbocycles. The van der Waals surface area contributed by atoms with E-state index in [1.807, 2.05) is 18.2 Å². The molecule has 0 bridgehead atoms. The summed E-state index contributed by atoms with van der Waals surface area (Å²) in [6.45, 7) is 3.85. The second-order valence-electron chi connectivity index (χ2n) is 9.20. The first-order valence-corrected chi connectivity index (χ1v) is 16.7. The van der Waals surface area contributed by atoms with E-state index in [0.717, 1.165) is 44.9 Å². The third-order valence-electron chi connectivity index (χ3n) is 5.80. The van der Waals surface area contributed by atoms with E-state index in [9.17, 15) is 17.9 Å². The van der Waals surface area contributed by atoms with Crippen LogP contribution in [0.3, 0.4) is 0 Å². The molecule has 0 amide bonds. The summed E-state index contributed by atoms with van der Waals surface area (Å²) in [6, 6.07) is 8.38. The van der Waals surface area contributed by atoms with Crippen LogP contribution in [0.5, 0.6) is 5.75 Å². The summed E-state index contributed by atoms with van der Waals surface area (Å²) in [5, 5.41) is 0. The lowest BCUT2D eigenvalue weighted by Crippen LogP contribution is -2.39. The minimum atomic E-state index is -4.58. The molecule has 0 spiro atoms. The SMILES string of the molecule is CCCCCCCCCCS(=O)(=O)NC(CCCCCC)COP(=O)([O-])OCCOc1ccccc1. The highest BCUT2D eigenvalue weighted by Crippen LogP contribution is 2.38. The van der Waals surface area contributed by atoms with Gasteiger partial charge in [-0.05, 0) is 25.0 Å². The average molecular weight is 549 g/mol. The Hall–Kier alpha value is -0.960. The fourth-order valence-corrected chi connectivity index (χ4v) is 5.91. The predicted octanol–water partition coefficient (Wildman–Crippen LogP) is 5.97. The van der Waals surface area contributed by atoms with Gasteiger partial charge in [0.25, 0.3) is 7.82 Å². The van der Waals surface area contributed by atoms with Crippen molar-refractivity contribution in [3.05, 3.63) is 30.3 Å². The Morgan fingerprint density at radius 1 is 0.833 bits per heavy atom. The molecule has 8 nitrogen and oxygen atoms in total. The van der Waals surface area contributed by atoms with E-state index >= 15 is 0 Å². The Balaban J connectivity index is 2.42. The lowest BCUT2D eigenvalue weighted by Gasteiger charge is -2.26. The van der Waals surface area contributed by atoms with Crippen LogP contribution < -0.4 is 14.4 Å². The highest BCUT2D eigenvalue weighted by atomic mass is 32.2. The Kier molecular flexibility index (Phi) is 18.4. The molecule has 0 aliphatic rings. The summed E-state index contributed by atoms with van der Waals surface area (Å²) >= 11 is 0. The highest BCUT2D eigenvalue weighted by Gasteiger charge is 2.20. The minimum absolute atomic E-state index is 0.0375. The standard InChI is InChI=1S/C26H48NO7PS/c1-3-5-7-9-10-11-12-17-23-36(30,31)27-25(18-14-8-6-4-2)24-34-35(28,29)33-22-21-32-26-19-15-13-16-20-26/h13,15-16,19-20,25,27H,3-12,14,17-18,21-24H2,1-2H3,(H,28,29)/p-1. The van der Waals surface area contributed by atoms with E-state index in [-0.39, 0.29) is 25.6 Å². The fraction of sp³-hybridized carbons (Fsp3) is 0.769. The van der Waals surface area contributed by atoms with Crippen LogP contribution in [0.2, 0.25) is 0 Å². The number of sulfonamides is 1. The van der Waals surface area contributed by atoms with E-state index < -0.39 is 23.9 Å². The number of benzene rings is 1. The molecule has 1 N–H and O–H groups in total. The summed E-state index contributed by atoms with van der Waals surface area (Å²) in [5.41, 5.74) is 0. The van der Waals surface area contributed by atoms with Crippen molar-refractivity contribution in [2.45, 2.75) is 103 Å². The van der Waals surface area contributed by atoms with Gasteiger partial charge in [-0.15, -0.1) is 0 Å². The van der Waals surface area contributed by atoms with Gasteiger partial charge in [-0.3, -0.25) is 4.57 Å². The molecule has 0 aromatic heterocycles. The second kappa shape index (κ2) is 20.1. The summed E-state index contributed by atoms with van der Waals surface area (Å²) in [4.78, 5) is 12.2. The Bertz CT molecular complexity index is 808. The quantitative estimate of drug-likeness (QED) is 0.125. The maximum atomic E-state index is 12.6. The number of para-hydroxylation sites is 1. The van der Waals surface area contributed by atoms with Crippen molar-refractivity contribution in [2.75, 3.05) is 25.6 Å². The Morgan fingerprint density at radius 3 is 2.06 bits per heavy atom. The predicted molar refractivity (Wildman–Crippen MR) is 144 cm³/mol. The van der Waals surface area contributed by atoms with Crippen molar-refractivity contribution in [2.24, 2.45) is 0 Å². The zero-order valence-electron chi connectivity index (χ0n) is 22.2. The van der Waals surface area contributed by atoms with Gasteiger partial charge in [0.2, 0.25) is 10.0 Å². The van der Waals surface area contributed by atoms with Gasteiger partial charge in [0, 0.05) is 6.04 Å². The largest absolute Gasteiger partial charge is 0.756 e. The van der Waals surface area contributed by atoms with Crippen molar-refractivity contribution in [1.29, 1.82) is 0 Å². The number of hydrogen-bond acceptors (Lipinski definition) is 7. The van der Waals surface area contributed by atoms with Gasteiger partial charge in [0.05, 0.1) is 19.0 Å². The van der Waals surface area contributed by atoms with Gasteiger partial charge in [0.1, 0.15) is 12.4 Å². The molecular formula is C26H47NO7PS-. The molecule has 0 heterocycles. The smallest absolute Gasteiger partial charge is 0.268 e. The molecule has 10 heteroatoms. The van der Waals surface area contributed by atoms with Crippen molar-refractivity contribution in [3.63, 3.8) is 0 Å². The number of ether oxygens (including phenoxy) is 1. The Labute approximate surface area is 219 Å². The summed E-state index contributed by atoms with van der Waals surface area (Å²) in [6.07, 6.45) is 12.9. The van der Waals surface area contributed by atoms with Crippen LogP contribution in [0, 0.1) is 0 Å². The lowest BCUT2D eigenvalue weighted by atomic mass is 10.1. The molecule has 2 atom stereocenters. The van der Waals surface area contributed by atoms with Crippen molar-refractivity contribution in [3.8, 4) is 5.75 Å². The molecule has 36 heavy (non-hydrogen) atoms. The van der Waals surface area contributed by atoms with E-state index in [1.54, 1.807) is 12.1 Å². The van der Waals surface area contributed by atoms with E-state index in [1.165, 1.54) is 25.7 Å². The van der Waals surface area contributed by atoms with E-state index in [0.29, 0.717) is 18.6 Å².